The number of ketones is 1. The molecule has 0 unspecified atom stereocenters. The molecule has 1 atom stereocenters. The second-order valence-corrected chi connectivity index (χ2v) is 6.86. The molecule has 1 aromatic rings. The molecule has 0 fully saturated rings. The number of allylic oxidation sites excluding steroid dienone is 2. The summed E-state index contributed by atoms with van der Waals surface area (Å²) in [7, 11) is 2.85. The number of carbonyl (C=O) groups excluding carboxylic acids is 2. The molecule has 140 valence electrons. The third kappa shape index (κ3) is 3.74. The lowest BCUT2D eigenvalue weighted by Crippen LogP contribution is -2.41. The first-order valence-electron chi connectivity index (χ1n) is 8.37. The molecule has 0 bridgehead atoms. The zero-order chi connectivity index (χ0) is 19.5. The van der Waals surface area contributed by atoms with Crippen molar-refractivity contribution in [3.05, 3.63) is 47.4 Å². The average molecular weight is 359 g/mol. The lowest BCUT2D eigenvalue weighted by molar-refractivity contribution is -0.150. The summed E-state index contributed by atoms with van der Waals surface area (Å²) in [4.78, 5) is 24.9. The fourth-order valence-corrected chi connectivity index (χ4v) is 3.21. The maximum absolute atomic E-state index is 12.7. The zero-order valence-electron chi connectivity index (χ0n) is 15.8. The topological polar surface area (TPSA) is 84.9 Å². The first kappa shape index (κ1) is 19.6. The molecular formula is C20H25NO5. The van der Waals surface area contributed by atoms with Crippen molar-refractivity contribution < 1.29 is 24.2 Å². The van der Waals surface area contributed by atoms with Gasteiger partial charge in [-0.15, -0.1) is 0 Å². The summed E-state index contributed by atoms with van der Waals surface area (Å²) in [6.07, 6.45) is 1.83. The molecule has 0 saturated heterocycles. The molecule has 0 aliphatic heterocycles. The molecule has 6 nitrogen and oxygen atoms in total. The van der Waals surface area contributed by atoms with E-state index in [1.807, 2.05) is 0 Å². The summed E-state index contributed by atoms with van der Waals surface area (Å²) in [5.74, 6) is -1.22. The van der Waals surface area contributed by atoms with Crippen LogP contribution in [0.2, 0.25) is 0 Å². The molecule has 1 aromatic carbocycles. The Morgan fingerprint density at radius 3 is 2.38 bits per heavy atom. The van der Waals surface area contributed by atoms with Crippen LogP contribution in [0.3, 0.4) is 0 Å². The second kappa shape index (κ2) is 7.64. The van der Waals surface area contributed by atoms with Crippen LogP contribution in [-0.4, -0.2) is 31.1 Å². The lowest BCUT2D eigenvalue weighted by atomic mass is 9.68. The van der Waals surface area contributed by atoms with Gasteiger partial charge < -0.3 is 19.9 Å². The van der Waals surface area contributed by atoms with Gasteiger partial charge in [-0.25, -0.2) is 0 Å². The van der Waals surface area contributed by atoms with E-state index in [2.05, 4.69) is 5.32 Å². The van der Waals surface area contributed by atoms with E-state index >= 15 is 0 Å². The van der Waals surface area contributed by atoms with E-state index in [0.717, 1.165) is 5.69 Å². The Hall–Kier alpha value is -2.76. The van der Waals surface area contributed by atoms with Crippen molar-refractivity contribution in [3.63, 3.8) is 0 Å². The van der Waals surface area contributed by atoms with Gasteiger partial charge in [0.2, 0.25) is 0 Å². The minimum absolute atomic E-state index is 0.123. The molecule has 0 amide bonds. The SMILES string of the molecule is C/C=C(\Nc1ccc(OC)cc1)C1=C(O)[C@H](C(=O)OC)C(C)(C)CC1=O. The predicted molar refractivity (Wildman–Crippen MR) is 98.9 cm³/mol. The number of ether oxygens (including phenoxy) is 2. The first-order chi connectivity index (χ1) is 12.2. The molecule has 2 rings (SSSR count). The molecule has 6 heteroatoms. The molecule has 0 spiro atoms. The first-order valence-corrected chi connectivity index (χ1v) is 8.37. The second-order valence-electron chi connectivity index (χ2n) is 6.86. The average Bonchev–Trinajstić information content (AvgIpc) is 2.59. The van der Waals surface area contributed by atoms with Crippen LogP contribution in [0.15, 0.2) is 47.4 Å². The molecule has 0 saturated carbocycles. The Morgan fingerprint density at radius 1 is 1.27 bits per heavy atom. The molecular weight excluding hydrogens is 334 g/mol. The molecule has 1 aliphatic rings. The van der Waals surface area contributed by atoms with Crippen LogP contribution in [0.5, 0.6) is 5.75 Å². The fourth-order valence-electron chi connectivity index (χ4n) is 3.21. The van der Waals surface area contributed by atoms with E-state index in [0.29, 0.717) is 11.4 Å². The monoisotopic (exact) mass is 359 g/mol. The largest absolute Gasteiger partial charge is 0.511 e. The fraction of sp³-hybridized carbons (Fsp3) is 0.400. The highest BCUT2D eigenvalue weighted by Gasteiger charge is 2.47. The van der Waals surface area contributed by atoms with E-state index in [1.165, 1.54) is 7.11 Å². The maximum atomic E-state index is 12.7. The molecule has 0 heterocycles. The van der Waals surface area contributed by atoms with Crippen molar-refractivity contribution >= 4 is 17.4 Å². The molecule has 2 N–H and O–H groups in total. The number of benzene rings is 1. The van der Waals surface area contributed by atoms with Gasteiger partial charge in [0, 0.05) is 17.8 Å². The Kier molecular flexibility index (Phi) is 5.75. The summed E-state index contributed by atoms with van der Waals surface area (Å²) in [5.41, 5.74) is 0.572. The summed E-state index contributed by atoms with van der Waals surface area (Å²) in [5, 5.41) is 13.9. The van der Waals surface area contributed by atoms with Crippen LogP contribution in [0.25, 0.3) is 0 Å². The number of rotatable bonds is 5. The minimum Gasteiger partial charge on any atom is -0.511 e. The summed E-state index contributed by atoms with van der Waals surface area (Å²) in [6, 6.07) is 7.17. The molecule has 1 aliphatic carbocycles. The van der Waals surface area contributed by atoms with Gasteiger partial charge in [0.05, 0.1) is 19.8 Å². The smallest absolute Gasteiger partial charge is 0.316 e. The number of methoxy groups -OCH3 is 2. The van der Waals surface area contributed by atoms with Crippen LogP contribution < -0.4 is 10.1 Å². The van der Waals surface area contributed by atoms with Crippen LogP contribution in [0.1, 0.15) is 27.2 Å². The van der Waals surface area contributed by atoms with Crippen LogP contribution in [-0.2, 0) is 14.3 Å². The summed E-state index contributed by atoms with van der Waals surface area (Å²) in [6.45, 7) is 5.30. The van der Waals surface area contributed by atoms with E-state index in [4.69, 9.17) is 9.47 Å². The minimum atomic E-state index is -0.896. The quantitative estimate of drug-likeness (QED) is 0.781. The van der Waals surface area contributed by atoms with Crippen LogP contribution in [0, 0.1) is 11.3 Å². The number of anilines is 1. The van der Waals surface area contributed by atoms with Crippen molar-refractivity contribution in [1.82, 2.24) is 0 Å². The number of esters is 1. The van der Waals surface area contributed by atoms with E-state index in [9.17, 15) is 14.7 Å². The number of hydrogen-bond acceptors (Lipinski definition) is 6. The lowest BCUT2D eigenvalue weighted by Gasteiger charge is -2.36. The van der Waals surface area contributed by atoms with Gasteiger partial charge in [0.15, 0.2) is 5.78 Å². The summed E-state index contributed by atoms with van der Waals surface area (Å²) >= 11 is 0. The normalized spacial score (nSPS) is 20.0. The van der Waals surface area contributed by atoms with Crippen molar-refractivity contribution in [1.29, 1.82) is 0 Å². The van der Waals surface area contributed by atoms with Gasteiger partial charge in [-0.3, -0.25) is 9.59 Å². The number of Topliss-reactive ketones (excluding diaryl/α,β-unsaturated/α-hetero) is 1. The Labute approximate surface area is 153 Å². The highest BCUT2D eigenvalue weighted by atomic mass is 16.5. The predicted octanol–water partition coefficient (Wildman–Crippen LogP) is 3.61. The van der Waals surface area contributed by atoms with Gasteiger partial charge in [0.25, 0.3) is 0 Å². The van der Waals surface area contributed by atoms with E-state index in [-0.39, 0.29) is 23.5 Å². The standard InChI is InChI=1S/C20H25NO5/c1-6-14(21-12-7-9-13(25-4)10-8-12)16-15(22)11-20(2,3)17(18(16)23)19(24)26-5/h6-10,17,21,23H,11H2,1-5H3/b14-6-/t17-/m1/s1. The summed E-state index contributed by atoms with van der Waals surface area (Å²) < 4.78 is 9.97. The van der Waals surface area contributed by atoms with Crippen molar-refractivity contribution in [3.8, 4) is 5.75 Å². The highest BCUT2D eigenvalue weighted by Crippen LogP contribution is 2.43. The van der Waals surface area contributed by atoms with Crippen molar-refractivity contribution in [2.24, 2.45) is 11.3 Å². The van der Waals surface area contributed by atoms with Crippen molar-refractivity contribution in [2.45, 2.75) is 27.2 Å². The van der Waals surface area contributed by atoms with Gasteiger partial charge in [-0.05, 0) is 36.6 Å². The van der Waals surface area contributed by atoms with Crippen LogP contribution in [0.4, 0.5) is 5.69 Å². The van der Waals surface area contributed by atoms with Crippen LogP contribution >= 0.6 is 0 Å². The molecule has 26 heavy (non-hydrogen) atoms. The van der Waals surface area contributed by atoms with Gasteiger partial charge >= 0.3 is 5.97 Å². The molecule has 0 radical (unpaired) electrons. The Balaban J connectivity index is 2.43. The van der Waals surface area contributed by atoms with Crippen molar-refractivity contribution in [2.75, 3.05) is 19.5 Å². The Morgan fingerprint density at radius 2 is 1.88 bits per heavy atom. The van der Waals surface area contributed by atoms with E-state index < -0.39 is 17.3 Å². The van der Waals surface area contributed by atoms with Gasteiger partial charge in [0.1, 0.15) is 17.4 Å². The number of aliphatic hydroxyl groups is 1. The number of hydrogen-bond donors (Lipinski definition) is 2. The number of nitrogens with one attached hydrogen (secondary N) is 1. The Bertz CT molecular complexity index is 759. The van der Waals surface area contributed by atoms with E-state index in [1.54, 1.807) is 58.2 Å². The third-order valence-electron chi connectivity index (χ3n) is 4.57. The third-order valence-corrected chi connectivity index (χ3v) is 4.57. The molecule has 0 aromatic heterocycles. The number of carbonyl (C=O) groups is 2. The van der Waals surface area contributed by atoms with Gasteiger partial charge in [-0.2, -0.15) is 0 Å². The number of aliphatic hydroxyl groups excluding tert-OH is 1. The highest BCUT2D eigenvalue weighted by molar-refractivity contribution is 6.03. The zero-order valence-corrected chi connectivity index (χ0v) is 15.8. The van der Waals surface area contributed by atoms with Gasteiger partial charge in [-0.1, -0.05) is 19.9 Å². The maximum Gasteiger partial charge on any atom is 0.316 e.